The van der Waals surface area contributed by atoms with Gasteiger partial charge in [0.1, 0.15) is 12.2 Å². The Kier molecular flexibility index (Phi) is 4.86. The highest BCUT2D eigenvalue weighted by atomic mass is 28.3. The third kappa shape index (κ3) is 3.46. The fourth-order valence-corrected chi connectivity index (χ4v) is 7.32. The Hall–Kier alpha value is -2.52. The number of nitrogens with zero attached hydrogens (tertiary/aromatic N) is 5. The first-order chi connectivity index (χ1) is 14.0. The average Bonchev–Trinajstić information content (AvgIpc) is 3.24. The SMILES string of the molecule is Cc1nc2cc(-c3nncn3-c3c([Si](C)(C)C)cccc3[Si](C)(C)C)ccc2n1C. The Labute approximate surface area is 180 Å². The van der Waals surface area contributed by atoms with Crippen LogP contribution in [0.3, 0.4) is 0 Å². The van der Waals surface area contributed by atoms with E-state index >= 15 is 0 Å². The number of fused-ring (bicyclic) bond motifs is 1. The van der Waals surface area contributed by atoms with Crippen LogP contribution in [0.1, 0.15) is 5.82 Å². The molecule has 2 aromatic heterocycles. The molecule has 0 saturated carbocycles. The van der Waals surface area contributed by atoms with Crippen molar-refractivity contribution in [2.24, 2.45) is 7.05 Å². The Morgan fingerprint density at radius 1 is 0.867 bits per heavy atom. The van der Waals surface area contributed by atoms with E-state index in [2.05, 4.69) is 102 Å². The third-order valence-electron chi connectivity index (χ3n) is 5.80. The summed E-state index contributed by atoms with van der Waals surface area (Å²) in [7, 11) is -1.12. The van der Waals surface area contributed by atoms with Gasteiger partial charge in [-0.25, -0.2) is 4.98 Å². The van der Waals surface area contributed by atoms with Crippen molar-refractivity contribution in [2.75, 3.05) is 0 Å². The van der Waals surface area contributed by atoms with Crippen molar-refractivity contribution in [2.45, 2.75) is 46.2 Å². The van der Waals surface area contributed by atoms with Gasteiger partial charge < -0.3 is 4.57 Å². The molecule has 0 amide bonds. The van der Waals surface area contributed by atoms with Crippen LogP contribution in [0.4, 0.5) is 0 Å². The molecule has 0 unspecified atom stereocenters. The van der Waals surface area contributed by atoms with Gasteiger partial charge in [0.2, 0.25) is 0 Å². The number of hydrogen-bond acceptors (Lipinski definition) is 3. The van der Waals surface area contributed by atoms with Crippen molar-refractivity contribution in [3.05, 3.63) is 48.5 Å². The summed E-state index contributed by atoms with van der Waals surface area (Å²) in [5, 5.41) is 11.8. The van der Waals surface area contributed by atoms with E-state index < -0.39 is 16.1 Å². The summed E-state index contributed by atoms with van der Waals surface area (Å²) in [5.41, 5.74) is 4.47. The largest absolute Gasteiger partial charge is 0.331 e. The molecule has 0 radical (unpaired) electrons. The number of imidazole rings is 1. The van der Waals surface area contributed by atoms with Crippen LogP contribution in [0.2, 0.25) is 39.3 Å². The molecule has 2 aromatic carbocycles. The molecule has 2 heterocycles. The van der Waals surface area contributed by atoms with Gasteiger partial charge in [0.25, 0.3) is 0 Å². The topological polar surface area (TPSA) is 48.5 Å². The summed E-state index contributed by atoms with van der Waals surface area (Å²) in [5.74, 6) is 1.89. The maximum atomic E-state index is 4.72. The molecule has 0 aliphatic carbocycles. The molecular weight excluding hydrogens is 402 g/mol. The molecule has 0 spiro atoms. The van der Waals surface area contributed by atoms with Crippen LogP contribution in [0.5, 0.6) is 0 Å². The van der Waals surface area contributed by atoms with E-state index in [0.717, 1.165) is 28.2 Å². The predicted molar refractivity (Wildman–Crippen MR) is 132 cm³/mol. The molecule has 0 N–H and O–H groups in total. The van der Waals surface area contributed by atoms with E-state index in [1.807, 2.05) is 13.3 Å². The molecule has 5 nitrogen and oxygen atoms in total. The number of aromatic nitrogens is 5. The van der Waals surface area contributed by atoms with Crippen LogP contribution in [-0.4, -0.2) is 40.5 Å². The Bertz CT molecular complexity index is 1210. The maximum Gasteiger partial charge on any atom is 0.168 e. The second-order valence-corrected chi connectivity index (χ2v) is 20.2. The fraction of sp³-hybridized carbons (Fsp3) is 0.348. The monoisotopic (exact) mass is 433 g/mol. The van der Waals surface area contributed by atoms with Crippen LogP contribution in [0.25, 0.3) is 28.1 Å². The van der Waals surface area contributed by atoms with Gasteiger partial charge in [-0.15, -0.1) is 10.2 Å². The second-order valence-electron chi connectivity index (χ2n) is 10.1. The first kappa shape index (κ1) is 20.7. The lowest BCUT2D eigenvalue weighted by Crippen LogP contribution is -2.49. The van der Waals surface area contributed by atoms with Gasteiger partial charge in [-0.2, -0.15) is 0 Å². The normalized spacial score (nSPS) is 12.7. The molecule has 30 heavy (non-hydrogen) atoms. The van der Waals surface area contributed by atoms with E-state index in [0.29, 0.717) is 0 Å². The maximum absolute atomic E-state index is 4.72. The van der Waals surface area contributed by atoms with Gasteiger partial charge in [-0.3, -0.25) is 4.57 Å². The summed E-state index contributed by atoms with van der Waals surface area (Å²) in [6.45, 7) is 16.5. The molecular formula is C23H31N5Si2. The minimum Gasteiger partial charge on any atom is -0.331 e. The summed E-state index contributed by atoms with van der Waals surface area (Å²) < 4.78 is 4.34. The summed E-state index contributed by atoms with van der Waals surface area (Å²) >= 11 is 0. The highest BCUT2D eigenvalue weighted by Gasteiger charge is 2.29. The summed E-state index contributed by atoms with van der Waals surface area (Å²) in [4.78, 5) is 4.72. The van der Waals surface area contributed by atoms with Gasteiger partial charge in [-0.05, 0) is 35.5 Å². The predicted octanol–water partition coefficient (Wildman–Crippen LogP) is 4.22. The third-order valence-corrected chi connectivity index (χ3v) is 9.84. The second kappa shape index (κ2) is 7.02. The number of rotatable bonds is 4. The van der Waals surface area contributed by atoms with E-state index in [4.69, 9.17) is 4.98 Å². The molecule has 0 fully saturated rings. The van der Waals surface area contributed by atoms with Crippen LogP contribution in [0, 0.1) is 6.92 Å². The van der Waals surface area contributed by atoms with Crippen LogP contribution in [-0.2, 0) is 7.05 Å². The van der Waals surface area contributed by atoms with Crippen molar-refractivity contribution < 1.29 is 0 Å². The molecule has 156 valence electrons. The standard InChI is InChI=1S/C23H31N5Si2/c1-16-25-18-14-17(12-13-19(18)27(16)2)23-26-24-15-28(23)22-20(29(3,4)5)10-9-11-21(22)30(6,7)8/h9-15H,1-8H3. The number of para-hydroxylation sites is 1. The van der Waals surface area contributed by atoms with Crippen molar-refractivity contribution in [3.63, 3.8) is 0 Å². The zero-order valence-corrected chi connectivity index (χ0v) is 21.3. The molecule has 4 aromatic rings. The first-order valence-corrected chi connectivity index (χ1v) is 17.5. The van der Waals surface area contributed by atoms with Crippen LogP contribution >= 0.6 is 0 Å². The summed E-state index contributed by atoms with van der Waals surface area (Å²) in [6.07, 6.45) is 1.88. The van der Waals surface area contributed by atoms with E-state index in [-0.39, 0.29) is 0 Å². The van der Waals surface area contributed by atoms with Crippen molar-refractivity contribution in [1.82, 2.24) is 24.3 Å². The minimum atomic E-state index is -1.59. The van der Waals surface area contributed by atoms with Crippen molar-refractivity contribution in [3.8, 4) is 17.1 Å². The minimum absolute atomic E-state index is 0.880. The van der Waals surface area contributed by atoms with Gasteiger partial charge in [0.05, 0.1) is 27.2 Å². The Balaban J connectivity index is 1.99. The van der Waals surface area contributed by atoms with Crippen molar-refractivity contribution in [1.29, 1.82) is 0 Å². The molecule has 0 aliphatic heterocycles. The van der Waals surface area contributed by atoms with E-state index in [9.17, 15) is 0 Å². The van der Waals surface area contributed by atoms with Gasteiger partial charge in [0.15, 0.2) is 5.82 Å². The summed E-state index contributed by atoms with van der Waals surface area (Å²) in [6, 6.07) is 13.2. The van der Waals surface area contributed by atoms with Crippen LogP contribution < -0.4 is 10.4 Å². The molecule has 7 heteroatoms. The lowest BCUT2D eigenvalue weighted by atomic mass is 10.2. The smallest absolute Gasteiger partial charge is 0.168 e. The van der Waals surface area contributed by atoms with Crippen LogP contribution in [0.15, 0.2) is 42.7 Å². The van der Waals surface area contributed by atoms with Gasteiger partial charge in [-0.1, -0.05) is 57.5 Å². The zero-order chi connectivity index (χ0) is 21.8. The highest BCUT2D eigenvalue weighted by Crippen LogP contribution is 2.26. The number of aryl methyl sites for hydroxylation is 2. The fourth-order valence-electron chi connectivity index (χ4n) is 4.07. The highest BCUT2D eigenvalue weighted by molar-refractivity contribution is 6.93. The van der Waals surface area contributed by atoms with E-state index in [1.54, 1.807) is 0 Å². The molecule has 0 atom stereocenters. The Morgan fingerprint density at radius 2 is 1.50 bits per heavy atom. The average molecular weight is 434 g/mol. The van der Waals surface area contributed by atoms with E-state index in [1.165, 1.54) is 16.1 Å². The molecule has 0 bridgehead atoms. The zero-order valence-electron chi connectivity index (χ0n) is 19.3. The Morgan fingerprint density at radius 3 is 2.10 bits per heavy atom. The first-order valence-electron chi connectivity index (χ1n) is 10.5. The number of benzene rings is 2. The van der Waals surface area contributed by atoms with Gasteiger partial charge >= 0.3 is 0 Å². The lowest BCUT2D eigenvalue weighted by Gasteiger charge is -2.29. The van der Waals surface area contributed by atoms with Crippen molar-refractivity contribution >= 4 is 37.6 Å². The quantitative estimate of drug-likeness (QED) is 0.453. The molecule has 4 rings (SSSR count). The van der Waals surface area contributed by atoms with Gasteiger partial charge in [0, 0.05) is 18.3 Å². The molecule has 0 aliphatic rings. The molecule has 0 saturated heterocycles. The lowest BCUT2D eigenvalue weighted by molar-refractivity contribution is 0.886. The number of hydrogen-bond donors (Lipinski definition) is 0.